The summed E-state index contributed by atoms with van der Waals surface area (Å²) in [6.45, 7) is 12.4. The molecular weight excluding hydrogens is 631 g/mol. The largest absolute Gasteiger partial charge is 0.494 e. The summed E-state index contributed by atoms with van der Waals surface area (Å²) in [7, 11) is 0. The molecule has 2 unspecified atom stereocenters. The summed E-state index contributed by atoms with van der Waals surface area (Å²) in [4.78, 5) is 56.0. The molecule has 1 aromatic heterocycles. The number of aromatic nitrogens is 1. The van der Waals surface area contributed by atoms with Crippen LogP contribution < -0.4 is 20.4 Å². The number of nitrogens with zero attached hydrogens (tertiary/aromatic N) is 1. The molecule has 0 radical (unpaired) electrons. The predicted octanol–water partition coefficient (Wildman–Crippen LogP) is 4.58. The number of hydrogen-bond donors (Lipinski definition) is 3. The lowest BCUT2D eigenvalue weighted by Gasteiger charge is -2.49. The van der Waals surface area contributed by atoms with Crippen LogP contribution in [0, 0.1) is 5.82 Å². The Balaban J connectivity index is 0.000000202. The van der Waals surface area contributed by atoms with Crippen LogP contribution in [0.15, 0.2) is 47.7 Å². The third kappa shape index (κ3) is 7.71. The van der Waals surface area contributed by atoms with E-state index in [4.69, 9.17) is 19.0 Å². The minimum atomic E-state index is -0.727. The maximum absolute atomic E-state index is 13.5. The Bertz CT molecular complexity index is 1670. The van der Waals surface area contributed by atoms with Gasteiger partial charge in [-0.05, 0) is 58.0 Å². The number of esters is 1. The van der Waals surface area contributed by atoms with E-state index in [0.717, 1.165) is 33.5 Å². The standard InChI is InChI=1S/C17H15FN2O2.C14H18N2O6S.C2H6/c1-2-21-11-4-5-12-16(8-11)22-19-9-14-13-7-10(18)3-6-15(13)20-17(12)14;1-14(2,3)22-13(20)10-8(4-21-7-18)5-23-12-9(15-6-17)11(19)16(10)12;1-2/h3-8,19-20H,2,9H2,1H3;6-7,9,12H,4-5H2,1-3H3,(H,15,17);1-2H3. The van der Waals surface area contributed by atoms with Crippen molar-refractivity contribution in [2.45, 2.75) is 65.1 Å². The number of ether oxygens (including phenoxy) is 3. The monoisotopic (exact) mass is 670 g/mol. The molecule has 0 saturated carbocycles. The maximum atomic E-state index is 13.5. The quantitative estimate of drug-likeness (QED) is 0.177. The fourth-order valence-electron chi connectivity index (χ4n) is 5.21. The maximum Gasteiger partial charge on any atom is 0.355 e. The number of benzene rings is 2. The SMILES string of the molecule is CC.CC(C)(C)OC(=O)C1=C(COC=O)CSC2C(NC=O)C(=O)N12.CCOc1ccc2c(c1)ONCc1c-2[nH]c2ccc(F)cc12. The Kier molecular flexibility index (Phi) is 11.5. The van der Waals surface area contributed by atoms with E-state index in [2.05, 4.69) is 15.8 Å². The van der Waals surface area contributed by atoms with Gasteiger partial charge in [0.2, 0.25) is 6.41 Å². The fraction of sp³-hybridized carbons (Fsp3) is 0.394. The molecule has 0 bridgehead atoms. The molecule has 2 amide bonds. The molecule has 0 spiro atoms. The van der Waals surface area contributed by atoms with Gasteiger partial charge >= 0.3 is 5.97 Å². The molecule has 252 valence electrons. The Morgan fingerprint density at radius 2 is 1.96 bits per heavy atom. The lowest BCUT2D eigenvalue weighted by molar-refractivity contribution is -0.158. The van der Waals surface area contributed by atoms with E-state index in [9.17, 15) is 23.6 Å². The summed E-state index contributed by atoms with van der Waals surface area (Å²) < 4.78 is 29.1. The van der Waals surface area contributed by atoms with Crippen LogP contribution in [0.5, 0.6) is 11.5 Å². The van der Waals surface area contributed by atoms with Crippen molar-refractivity contribution in [3.05, 3.63) is 59.0 Å². The summed E-state index contributed by atoms with van der Waals surface area (Å²) in [5.41, 5.74) is 6.59. The molecule has 47 heavy (non-hydrogen) atoms. The number of amides is 2. The zero-order valence-corrected chi connectivity index (χ0v) is 27.9. The minimum Gasteiger partial charge on any atom is -0.494 e. The van der Waals surface area contributed by atoms with Gasteiger partial charge in [-0.2, -0.15) is 5.48 Å². The fourth-order valence-corrected chi connectivity index (χ4v) is 6.55. The highest BCUT2D eigenvalue weighted by molar-refractivity contribution is 8.00. The lowest BCUT2D eigenvalue weighted by Crippen LogP contribution is -2.69. The lowest BCUT2D eigenvalue weighted by atomic mass is 10.0. The zero-order valence-electron chi connectivity index (χ0n) is 27.1. The van der Waals surface area contributed by atoms with Crippen LogP contribution in [0.3, 0.4) is 0 Å². The zero-order chi connectivity index (χ0) is 34.3. The predicted molar refractivity (Wildman–Crippen MR) is 175 cm³/mol. The normalized spacial score (nSPS) is 17.9. The van der Waals surface area contributed by atoms with Crippen molar-refractivity contribution < 1.29 is 42.6 Å². The molecule has 3 aliphatic rings. The van der Waals surface area contributed by atoms with Crippen molar-refractivity contribution >= 4 is 47.4 Å². The topological polar surface area (TPSA) is 148 Å². The van der Waals surface area contributed by atoms with Crippen molar-refractivity contribution in [1.29, 1.82) is 0 Å². The number of carbonyl (C=O) groups excluding carboxylic acids is 4. The molecule has 14 heteroatoms. The van der Waals surface area contributed by atoms with E-state index in [1.165, 1.54) is 22.7 Å². The van der Waals surface area contributed by atoms with E-state index < -0.39 is 23.5 Å². The first-order valence-electron chi connectivity index (χ1n) is 15.2. The first-order valence-corrected chi connectivity index (χ1v) is 16.2. The number of β-lactam (4-membered cyclic amide) rings is 1. The second-order valence-electron chi connectivity index (χ2n) is 11.2. The molecule has 1 saturated heterocycles. The summed E-state index contributed by atoms with van der Waals surface area (Å²) in [5.74, 6) is 0.564. The van der Waals surface area contributed by atoms with Crippen LogP contribution in [-0.4, -0.2) is 70.6 Å². The molecule has 2 atom stereocenters. The number of H-pyrrole nitrogens is 1. The molecule has 0 aliphatic carbocycles. The van der Waals surface area contributed by atoms with Crippen molar-refractivity contribution in [3.8, 4) is 22.8 Å². The number of halogens is 1. The molecule has 3 N–H and O–H groups in total. The summed E-state index contributed by atoms with van der Waals surface area (Å²) in [5, 5.41) is 2.94. The number of aromatic amines is 1. The number of rotatable bonds is 8. The van der Waals surface area contributed by atoms with Crippen molar-refractivity contribution in [1.82, 2.24) is 20.7 Å². The van der Waals surface area contributed by atoms with Crippen LogP contribution in [0.1, 0.15) is 47.1 Å². The average Bonchev–Trinajstić information content (AvgIpc) is 3.29. The van der Waals surface area contributed by atoms with Crippen LogP contribution in [-0.2, 0) is 35.2 Å². The summed E-state index contributed by atoms with van der Waals surface area (Å²) in [6.07, 6.45) is 0.461. The van der Waals surface area contributed by atoms with Crippen LogP contribution in [0.4, 0.5) is 4.39 Å². The van der Waals surface area contributed by atoms with Gasteiger partial charge in [0.25, 0.3) is 12.4 Å². The molecule has 2 aromatic carbocycles. The average molecular weight is 671 g/mol. The number of nitrogens with one attached hydrogen (secondary N) is 3. The molecule has 4 heterocycles. The highest BCUT2D eigenvalue weighted by Gasteiger charge is 2.54. The van der Waals surface area contributed by atoms with Gasteiger partial charge in [0.05, 0.1) is 18.8 Å². The van der Waals surface area contributed by atoms with Crippen molar-refractivity contribution in [2.24, 2.45) is 0 Å². The minimum absolute atomic E-state index is 0.0899. The van der Waals surface area contributed by atoms with Gasteiger partial charge in [0, 0.05) is 39.4 Å². The number of hydrogen-bond acceptors (Lipinski definition) is 10. The van der Waals surface area contributed by atoms with E-state index in [-0.39, 0.29) is 30.0 Å². The molecular formula is C33H39FN4O8S. The molecule has 1 fully saturated rings. The molecule has 3 aliphatic heterocycles. The van der Waals surface area contributed by atoms with Crippen LogP contribution in [0.25, 0.3) is 22.2 Å². The second-order valence-corrected chi connectivity index (χ2v) is 12.3. The molecule has 12 nitrogen and oxygen atoms in total. The van der Waals surface area contributed by atoms with Gasteiger partial charge in [-0.3, -0.25) is 19.3 Å². The summed E-state index contributed by atoms with van der Waals surface area (Å²) >= 11 is 1.38. The third-order valence-electron chi connectivity index (χ3n) is 7.05. The smallest absolute Gasteiger partial charge is 0.355 e. The van der Waals surface area contributed by atoms with E-state index >= 15 is 0 Å². The van der Waals surface area contributed by atoms with Crippen LogP contribution in [0.2, 0.25) is 0 Å². The first-order chi connectivity index (χ1) is 22.6. The highest BCUT2D eigenvalue weighted by Crippen LogP contribution is 2.41. The Hall–Kier alpha value is -4.56. The van der Waals surface area contributed by atoms with Gasteiger partial charge in [-0.25, -0.2) is 9.18 Å². The van der Waals surface area contributed by atoms with Gasteiger partial charge in [0.15, 0.2) is 5.75 Å². The van der Waals surface area contributed by atoms with Gasteiger partial charge < -0.3 is 29.3 Å². The highest BCUT2D eigenvalue weighted by atomic mass is 32.2. The Labute approximate surface area is 276 Å². The summed E-state index contributed by atoms with van der Waals surface area (Å²) in [6, 6.07) is 9.82. The number of fused-ring (bicyclic) bond motifs is 6. The third-order valence-corrected chi connectivity index (χ3v) is 8.38. The number of hydroxylamine groups is 1. The first kappa shape index (κ1) is 35.3. The van der Waals surface area contributed by atoms with Gasteiger partial charge in [-0.15, -0.1) is 11.8 Å². The number of thioether (sulfide) groups is 1. The van der Waals surface area contributed by atoms with Gasteiger partial charge in [0.1, 0.15) is 40.9 Å². The molecule has 6 rings (SSSR count). The Morgan fingerprint density at radius 1 is 1.19 bits per heavy atom. The molecule has 3 aromatic rings. The number of carbonyl (C=O) groups is 4. The van der Waals surface area contributed by atoms with Crippen molar-refractivity contribution in [3.63, 3.8) is 0 Å². The van der Waals surface area contributed by atoms with Crippen LogP contribution >= 0.6 is 11.8 Å². The van der Waals surface area contributed by atoms with Gasteiger partial charge in [-0.1, -0.05) is 13.8 Å². The van der Waals surface area contributed by atoms with E-state index in [1.807, 2.05) is 39.0 Å². The van der Waals surface area contributed by atoms with E-state index in [0.29, 0.717) is 36.6 Å². The van der Waals surface area contributed by atoms with E-state index in [1.54, 1.807) is 32.9 Å². The van der Waals surface area contributed by atoms with Crippen molar-refractivity contribution in [2.75, 3.05) is 19.0 Å². The Morgan fingerprint density at radius 3 is 2.64 bits per heavy atom. The second kappa shape index (κ2) is 15.4.